The summed E-state index contributed by atoms with van der Waals surface area (Å²) in [5.41, 5.74) is -0.154. The predicted octanol–water partition coefficient (Wildman–Crippen LogP) is 2.35. The number of nitro benzene ring substituents is 1. The molecule has 0 spiro atoms. The minimum Gasteiger partial charge on any atom is -0.493 e. The van der Waals surface area contributed by atoms with Gasteiger partial charge in [-0.25, -0.2) is 4.39 Å². The maximum absolute atomic E-state index is 12.9. The van der Waals surface area contributed by atoms with Crippen molar-refractivity contribution < 1.29 is 14.1 Å². The average Bonchev–Trinajstić information content (AvgIpc) is 2.03. The third-order valence-electron chi connectivity index (χ3n) is 1.42. The summed E-state index contributed by atoms with van der Waals surface area (Å²) in [5, 5.41) is 10.4. The molecule has 0 aliphatic rings. The normalized spacial score (nSPS) is 9.77. The number of hydrogen-bond acceptors (Lipinski definition) is 3. The van der Waals surface area contributed by atoms with E-state index in [0.29, 0.717) is 0 Å². The molecule has 13 heavy (non-hydrogen) atoms. The zero-order valence-corrected chi connectivity index (χ0v) is 8.74. The third-order valence-corrected chi connectivity index (χ3v) is 2.28. The second-order valence-corrected chi connectivity index (χ2v) is 3.36. The number of nitrogens with zero attached hydrogens (tertiary/aromatic N) is 1. The lowest BCUT2D eigenvalue weighted by atomic mass is 10.3. The summed E-state index contributed by atoms with van der Waals surface area (Å²) in [6.45, 7) is 0. The molecule has 70 valence electrons. The molecule has 0 saturated heterocycles. The molecular formula is C7H5FINO3. The number of methoxy groups -OCH3 is 1. The largest absolute Gasteiger partial charge is 0.493 e. The molecule has 1 rings (SSSR count). The number of benzene rings is 1. The van der Waals surface area contributed by atoms with E-state index in [9.17, 15) is 14.5 Å². The van der Waals surface area contributed by atoms with Gasteiger partial charge in [0.25, 0.3) is 5.69 Å². The lowest BCUT2D eigenvalue weighted by Crippen LogP contribution is -1.95. The Kier molecular flexibility index (Phi) is 3.02. The van der Waals surface area contributed by atoms with Crippen LogP contribution in [-0.4, -0.2) is 12.0 Å². The third kappa shape index (κ3) is 2.06. The molecule has 0 saturated carbocycles. The van der Waals surface area contributed by atoms with Crippen molar-refractivity contribution in [1.29, 1.82) is 0 Å². The molecule has 0 unspecified atom stereocenters. The minimum atomic E-state index is -0.600. The second-order valence-electron chi connectivity index (χ2n) is 2.20. The van der Waals surface area contributed by atoms with Crippen molar-refractivity contribution in [3.05, 3.63) is 31.6 Å². The van der Waals surface area contributed by atoms with E-state index in [-0.39, 0.29) is 15.0 Å². The highest BCUT2D eigenvalue weighted by atomic mass is 127. The van der Waals surface area contributed by atoms with Crippen molar-refractivity contribution in [3.63, 3.8) is 0 Å². The van der Waals surface area contributed by atoms with Crippen LogP contribution in [-0.2, 0) is 0 Å². The van der Waals surface area contributed by atoms with Crippen molar-refractivity contribution >= 4 is 28.3 Å². The number of rotatable bonds is 2. The topological polar surface area (TPSA) is 52.4 Å². The van der Waals surface area contributed by atoms with Crippen LogP contribution in [0.3, 0.4) is 0 Å². The van der Waals surface area contributed by atoms with E-state index < -0.39 is 10.7 Å². The Hall–Kier alpha value is -0.920. The molecule has 6 heteroatoms. The zero-order valence-electron chi connectivity index (χ0n) is 6.58. The first-order chi connectivity index (χ1) is 6.06. The van der Waals surface area contributed by atoms with Crippen LogP contribution in [0.15, 0.2) is 12.1 Å². The van der Waals surface area contributed by atoms with Crippen molar-refractivity contribution in [1.82, 2.24) is 0 Å². The van der Waals surface area contributed by atoms with Crippen LogP contribution in [0, 0.1) is 19.5 Å². The summed E-state index contributed by atoms with van der Waals surface area (Å²) in [6.07, 6.45) is 0. The lowest BCUT2D eigenvalue weighted by Gasteiger charge is -2.02. The smallest absolute Gasteiger partial charge is 0.286 e. The quantitative estimate of drug-likeness (QED) is 0.478. The highest BCUT2D eigenvalue weighted by Gasteiger charge is 2.16. The van der Waals surface area contributed by atoms with Gasteiger partial charge in [0.05, 0.1) is 21.7 Å². The van der Waals surface area contributed by atoms with Gasteiger partial charge in [0.1, 0.15) is 0 Å². The molecule has 0 aliphatic heterocycles. The summed E-state index contributed by atoms with van der Waals surface area (Å²) >= 11 is 1.70. The minimum absolute atomic E-state index is 0.118. The highest BCUT2D eigenvalue weighted by Crippen LogP contribution is 2.28. The standard InChI is InChI=1S/C7H5FINO3/c1-13-7-3-6(10(11)12)5(9)2-4(7)8/h2-3H,1H3. The molecule has 0 N–H and O–H groups in total. The fourth-order valence-corrected chi connectivity index (χ4v) is 1.44. The van der Waals surface area contributed by atoms with Gasteiger partial charge in [0, 0.05) is 0 Å². The van der Waals surface area contributed by atoms with Crippen LogP contribution < -0.4 is 4.74 Å². The number of halogens is 2. The SMILES string of the molecule is COc1cc([N+](=O)[O-])c(I)cc1F. The summed E-state index contributed by atoms with van der Waals surface area (Å²) < 4.78 is 17.8. The Morgan fingerprint density at radius 3 is 2.69 bits per heavy atom. The molecule has 0 amide bonds. The lowest BCUT2D eigenvalue weighted by molar-refractivity contribution is -0.385. The molecule has 0 atom stereocenters. The van der Waals surface area contributed by atoms with Gasteiger partial charge in [-0.15, -0.1) is 0 Å². The van der Waals surface area contributed by atoms with E-state index in [2.05, 4.69) is 4.74 Å². The van der Waals surface area contributed by atoms with Crippen molar-refractivity contribution in [3.8, 4) is 5.75 Å². The molecule has 0 bridgehead atoms. The van der Waals surface area contributed by atoms with Gasteiger partial charge in [0.15, 0.2) is 11.6 Å². The van der Waals surface area contributed by atoms with E-state index >= 15 is 0 Å². The molecular weight excluding hydrogens is 292 g/mol. The molecule has 1 aromatic carbocycles. The van der Waals surface area contributed by atoms with Crippen molar-refractivity contribution in [2.24, 2.45) is 0 Å². The van der Waals surface area contributed by atoms with Gasteiger partial charge in [-0.3, -0.25) is 10.1 Å². The maximum Gasteiger partial charge on any atom is 0.286 e. The second kappa shape index (κ2) is 3.86. The first kappa shape index (κ1) is 10.2. The van der Waals surface area contributed by atoms with Gasteiger partial charge < -0.3 is 4.74 Å². The van der Waals surface area contributed by atoms with Crippen molar-refractivity contribution in [2.45, 2.75) is 0 Å². The molecule has 0 heterocycles. The van der Waals surface area contributed by atoms with Gasteiger partial charge in [-0.05, 0) is 28.7 Å². The fraction of sp³-hybridized carbons (Fsp3) is 0.143. The maximum atomic E-state index is 12.9. The number of hydrogen-bond donors (Lipinski definition) is 0. The predicted molar refractivity (Wildman–Crippen MR) is 52.3 cm³/mol. The average molecular weight is 297 g/mol. The van der Waals surface area contributed by atoms with Crippen LogP contribution in [0.2, 0.25) is 0 Å². The Bertz CT molecular complexity index is 356. The molecule has 4 nitrogen and oxygen atoms in total. The van der Waals surface area contributed by atoms with Gasteiger partial charge in [0.2, 0.25) is 0 Å². The van der Waals surface area contributed by atoms with Crippen LogP contribution in [0.4, 0.5) is 10.1 Å². The summed E-state index contributed by atoms with van der Waals surface area (Å²) in [4.78, 5) is 9.84. The fourth-order valence-electron chi connectivity index (χ4n) is 0.815. The van der Waals surface area contributed by atoms with Gasteiger partial charge in [-0.1, -0.05) is 0 Å². The number of nitro groups is 1. The highest BCUT2D eigenvalue weighted by molar-refractivity contribution is 14.1. The summed E-state index contributed by atoms with van der Waals surface area (Å²) in [6, 6.07) is 2.13. The Morgan fingerprint density at radius 1 is 1.62 bits per heavy atom. The Labute approximate surface area is 87.0 Å². The van der Waals surface area contributed by atoms with E-state index in [1.165, 1.54) is 7.11 Å². The van der Waals surface area contributed by atoms with Crippen LogP contribution in [0.1, 0.15) is 0 Å². The molecule has 0 fully saturated rings. The van der Waals surface area contributed by atoms with E-state index in [4.69, 9.17) is 0 Å². The van der Waals surface area contributed by atoms with Gasteiger partial charge in [-0.2, -0.15) is 0 Å². The molecule has 1 aromatic rings. The van der Waals surface area contributed by atoms with E-state index in [0.717, 1.165) is 12.1 Å². The van der Waals surface area contributed by atoms with Crippen LogP contribution in [0.25, 0.3) is 0 Å². The van der Waals surface area contributed by atoms with E-state index in [1.54, 1.807) is 22.6 Å². The van der Waals surface area contributed by atoms with Crippen molar-refractivity contribution in [2.75, 3.05) is 7.11 Å². The van der Waals surface area contributed by atoms with Crippen LogP contribution in [0.5, 0.6) is 5.75 Å². The van der Waals surface area contributed by atoms with Gasteiger partial charge >= 0.3 is 0 Å². The first-order valence-corrected chi connectivity index (χ1v) is 4.31. The van der Waals surface area contributed by atoms with E-state index in [1.807, 2.05) is 0 Å². The molecule has 0 radical (unpaired) electrons. The first-order valence-electron chi connectivity index (χ1n) is 3.23. The monoisotopic (exact) mass is 297 g/mol. The zero-order chi connectivity index (χ0) is 10.0. The summed E-state index contributed by atoms with van der Waals surface area (Å²) in [5.74, 6) is -0.718. The Morgan fingerprint density at radius 2 is 2.23 bits per heavy atom. The molecule has 0 aliphatic carbocycles. The number of ether oxygens (including phenoxy) is 1. The van der Waals surface area contributed by atoms with Crippen LogP contribution >= 0.6 is 22.6 Å². The Balaban J connectivity index is 3.30. The molecule has 0 aromatic heterocycles. The summed E-state index contributed by atoms with van der Waals surface area (Å²) in [7, 11) is 1.26.